The van der Waals surface area contributed by atoms with E-state index in [9.17, 15) is 0 Å². The highest BCUT2D eigenvalue weighted by molar-refractivity contribution is 14.0. The van der Waals surface area contributed by atoms with E-state index in [0.29, 0.717) is 12.0 Å². The predicted octanol–water partition coefficient (Wildman–Crippen LogP) is 2.73. The second kappa shape index (κ2) is 13.2. The lowest BCUT2D eigenvalue weighted by atomic mass is 10.0. The van der Waals surface area contributed by atoms with Crippen molar-refractivity contribution in [1.82, 2.24) is 15.5 Å². The van der Waals surface area contributed by atoms with E-state index in [2.05, 4.69) is 46.5 Å². The van der Waals surface area contributed by atoms with E-state index in [1.165, 1.54) is 12.0 Å². The van der Waals surface area contributed by atoms with Crippen molar-refractivity contribution < 1.29 is 9.47 Å². The normalized spacial score (nSPS) is 16.6. The van der Waals surface area contributed by atoms with Crippen molar-refractivity contribution in [3.8, 4) is 5.75 Å². The van der Waals surface area contributed by atoms with Gasteiger partial charge >= 0.3 is 0 Å². The van der Waals surface area contributed by atoms with Gasteiger partial charge in [0, 0.05) is 39.3 Å². The van der Waals surface area contributed by atoms with E-state index in [0.717, 1.165) is 51.1 Å². The topological polar surface area (TPSA) is 58.1 Å². The first-order chi connectivity index (χ1) is 12.6. The number of nitrogens with zero attached hydrogens (tertiary/aromatic N) is 2. The predicted molar refractivity (Wildman–Crippen MR) is 122 cm³/mol. The minimum atomic E-state index is 0. The molecule has 0 amide bonds. The first kappa shape index (κ1) is 24.0. The Labute approximate surface area is 181 Å². The Balaban J connectivity index is 0.00000364. The van der Waals surface area contributed by atoms with Gasteiger partial charge in [0.25, 0.3) is 0 Å². The number of rotatable bonds is 8. The largest absolute Gasteiger partial charge is 0.497 e. The highest BCUT2D eigenvalue weighted by Gasteiger charge is 2.22. The molecule has 1 unspecified atom stereocenters. The Morgan fingerprint density at radius 1 is 1.19 bits per heavy atom. The van der Waals surface area contributed by atoms with E-state index in [1.807, 2.05) is 19.2 Å². The number of nitrogens with one attached hydrogen (secondary N) is 2. The second-order valence-corrected chi connectivity index (χ2v) is 7.09. The molecule has 0 saturated carbocycles. The molecule has 1 fully saturated rings. The molecule has 1 aromatic rings. The summed E-state index contributed by atoms with van der Waals surface area (Å²) in [6, 6.07) is 8.58. The molecule has 6 nitrogen and oxygen atoms in total. The van der Waals surface area contributed by atoms with Gasteiger partial charge in [-0.1, -0.05) is 26.0 Å². The van der Waals surface area contributed by atoms with Crippen LogP contribution in [0.5, 0.6) is 5.75 Å². The van der Waals surface area contributed by atoms with Crippen molar-refractivity contribution >= 4 is 29.9 Å². The molecule has 1 aromatic carbocycles. The number of halogens is 1. The SMILES string of the molecule is CN=C(NCc1ccc(OC)cc1)NCC(CC(C)C)N1CCOCC1.I. The molecule has 1 heterocycles. The Bertz CT molecular complexity index is 545. The van der Waals surface area contributed by atoms with E-state index >= 15 is 0 Å². The molecular weight excluding hydrogens is 455 g/mol. The van der Waals surface area contributed by atoms with Crippen molar-refractivity contribution in [2.24, 2.45) is 10.9 Å². The summed E-state index contributed by atoms with van der Waals surface area (Å²) in [5.74, 6) is 2.38. The molecule has 1 atom stereocenters. The molecule has 27 heavy (non-hydrogen) atoms. The maximum Gasteiger partial charge on any atom is 0.191 e. The summed E-state index contributed by atoms with van der Waals surface area (Å²) >= 11 is 0. The van der Waals surface area contributed by atoms with Gasteiger partial charge in [0.1, 0.15) is 5.75 Å². The Hall–Kier alpha value is -1.06. The highest BCUT2D eigenvalue weighted by atomic mass is 127. The fourth-order valence-corrected chi connectivity index (χ4v) is 3.21. The number of benzene rings is 1. The maximum absolute atomic E-state index is 5.50. The number of ether oxygens (including phenoxy) is 2. The Morgan fingerprint density at radius 3 is 2.41 bits per heavy atom. The second-order valence-electron chi connectivity index (χ2n) is 7.09. The Kier molecular flexibility index (Phi) is 11.7. The van der Waals surface area contributed by atoms with Crippen LogP contribution >= 0.6 is 24.0 Å². The molecule has 0 aliphatic carbocycles. The van der Waals surface area contributed by atoms with Crippen LogP contribution in [0, 0.1) is 5.92 Å². The van der Waals surface area contributed by atoms with Crippen molar-refractivity contribution in [3.63, 3.8) is 0 Å². The van der Waals surface area contributed by atoms with Crippen molar-refractivity contribution in [3.05, 3.63) is 29.8 Å². The molecule has 1 saturated heterocycles. The van der Waals surface area contributed by atoms with Crippen LogP contribution < -0.4 is 15.4 Å². The standard InChI is InChI=1S/C20H34N4O2.HI/c1-16(2)13-18(24-9-11-26-12-10-24)15-23-20(21-3)22-14-17-5-7-19(25-4)8-6-17;/h5-8,16,18H,9-15H2,1-4H3,(H2,21,22,23);1H. The summed E-state index contributed by atoms with van der Waals surface area (Å²) in [6.07, 6.45) is 1.17. The minimum absolute atomic E-state index is 0. The number of hydrogen-bond acceptors (Lipinski definition) is 4. The van der Waals surface area contributed by atoms with E-state index in [1.54, 1.807) is 7.11 Å². The third-order valence-corrected chi connectivity index (χ3v) is 4.65. The molecule has 0 bridgehead atoms. The first-order valence-corrected chi connectivity index (χ1v) is 9.51. The van der Waals surface area contributed by atoms with Crippen LogP contribution in [0.3, 0.4) is 0 Å². The minimum Gasteiger partial charge on any atom is -0.497 e. The quantitative estimate of drug-likeness (QED) is 0.334. The molecule has 0 spiro atoms. The van der Waals surface area contributed by atoms with E-state index in [-0.39, 0.29) is 24.0 Å². The monoisotopic (exact) mass is 490 g/mol. The van der Waals surface area contributed by atoms with Gasteiger partial charge in [-0.25, -0.2) is 0 Å². The van der Waals surface area contributed by atoms with Crippen LogP contribution in [0.4, 0.5) is 0 Å². The van der Waals surface area contributed by atoms with E-state index in [4.69, 9.17) is 9.47 Å². The zero-order valence-corrected chi connectivity index (χ0v) is 19.4. The number of aliphatic imine (C=N–C) groups is 1. The first-order valence-electron chi connectivity index (χ1n) is 9.51. The summed E-state index contributed by atoms with van der Waals surface area (Å²) in [7, 11) is 3.50. The average Bonchev–Trinajstić information content (AvgIpc) is 2.68. The number of hydrogen-bond donors (Lipinski definition) is 2. The van der Waals surface area contributed by atoms with Gasteiger partial charge in [0.05, 0.1) is 20.3 Å². The molecule has 0 radical (unpaired) electrons. The van der Waals surface area contributed by atoms with Gasteiger partial charge in [-0.05, 0) is 30.0 Å². The van der Waals surface area contributed by atoms with Crippen molar-refractivity contribution in [2.75, 3.05) is 47.0 Å². The van der Waals surface area contributed by atoms with Crippen LogP contribution in [-0.2, 0) is 11.3 Å². The smallest absolute Gasteiger partial charge is 0.191 e. The fraction of sp³-hybridized carbons (Fsp3) is 0.650. The summed E-state index contributed by atoms with van der Waals surface area (Å²) in [4.78, 5) is 6.89. The molecule has 2 N–H and O–H groups in total. The molecule has 2 rings (SSSR count). The number of morpholine rings is 1. The summed E-state index contributed by atoms with van der Waals surface area (Å²) in [5, 5.41) is 6.89. The molecule has 1 aliphatic heterocycles. The summed E-state index contributed by atoms with van der Waals surface area (Å²) in [6.45, 7) is 9.87. The van der Waals surface area contributed by atoms with Gasteiger partial charge in [-0.15, -0.1) is 24.0 Å². The number of guanidine groups is 1. The van der Waals surface area contributed by atoms with Crippen LogP contribution in [0.2, 0.25) is 0 Å². The van der Waals surface area contributed by atoms with Crippen molar-refractivity contribution in [2.45, 2.75) is 32.9 Å². The molecule has 7 heteroatoms. The zero-order valence-electron chi connectivity index (χ0n) is 17.0. The average molecular weight is 490 g/mol. The zero-order chi connectivity index (χ0) is 18.8. The Morgan fingerprint density at radius 2 is 1.85 bits per heavy atom. The third-order valence-electron chi connectivity index (χ3n) is 4.65. The lowest BCUT2D eigenvalue weighted by molar-refractivity contribution is 0.0132. The van der Waals surface area contributed by atoms with Gasteiger partial charge < -0.3 is 20.1 Å². The van der Waals surface area contributed by atoms with Crippen LogP contribution in [-0.4, -0.2) is 63.9 Å². The fourth-order valence-electron chi connectivity index (χ4n) is 3.21. The van der Waals surface area contributed by atoms with Gasteiger partial charge in [0.2, 0.25) is 0 Å². The van der Waals surface area contributed by atoms with Gasteiger partial charge in [-0.2, -0.15) is 0 Å². The van der Waals surface area contributed by atoms with E-state index < -0.39 is 0 Å². The van der Waals surface area contributed by atoms with Crippen LogP contribution in [0.15, 0.2) is 29.3 Å². The molecule has 0 aromatic heterocycles. The summed E-state index contributed by atoms with van der Waals surface area (Å²) < 4.78 is 10.7. The lowest BCUT2D eigenvalue weighted by Gasteiger charge is -2.35. The molecule has 1 aliphatic rings. The molecular formula is C20H35IN4O2. The maximum atomic E-state index is 5.50. The molecule has 154 valence electrons. The highest BCUT2D eigenvalue weighted by Crippen LogP contribution is 2.13. The van der Waals surface area contributed by atoms with Gasteiger partial charge in [0.15, 0.2) is 5.96 Å². The van der Waals surface area contributed by atoms with Gasteiger partial charge in [-0.3, -0.25) is 9.89 Å². The lowest BCUT2D eigenvalue weighted by Crippen LogP contribution is -2.50. The van der Waals surface area contributed by atoms with Crippen LogP contribution in [0.25, 0.3) is 0 Å². The number of methoxy groups -OCH3 is 1. The summed E-state index contributed by atoms with van der Waals surface area (Å²) in [5.41, 5.74) is 1.20. The van der Waals surface area contributed by atoms with Crippen molar-refractivity contribution in [1.29, 1.82) is 0 Å². The van der Waals surface area contributed by atoms with Crippen LogP contribution in [0.1, 0.15) is 25.8 Å². The third kappa shape index (κ3) is 8.66.